The molecule has 8 heteroatoms. The van der Waals surface area contributed by atoms with Crippen LogP contribution in [0.15, 0.2) is 0 Å². The van der Waals surface area contributed by atoms with Crippen LogP contribution in [-0.2, 0) is 0 Å². The van der Waals surface area contributed by atoms with Crippen LogP contribution in [-0.4, -0.2) is 19.7 Å². The first kappa shape index (κ1) is 14.2. The van der Waals surface area contributed by atoms with E-state index in [1.165, 1.54) is 7.05 Å². The average molecular weight is 266 g/mol. The van der Waals surface area contributed by atoms with Gasteiger partial charge in [0.1, 0.15) is 12.6 Å². The Labute approximate surface area is 98.8 Å². The number of nitrogens with zero attached hydrogens (tertiary/aromatic N) is 1. The summed E-state index contributed by atoms with van der Waals surface area (Å²) in [5, 5.41) is 10.9. The molecule has 0 aliphatic rings. The van der Waals surface area contributed by atoms with Crippen LogP contribution in [0.25, 0.3) is 0 Å². The van der Waals surface area contributed by atoms with Crippen molar-refractivity contribution in [2.24, 2.45) is 0 Å². The SMILES string of the molecule is CNC(C#N)COc1c(F)c(F)c(F)c(F)c1F. The van der Waals surface area contributed by atoms with Crippen LogP contribution < -0.4 is 10.1 Å². The lowest BCUT2D eigenvalue weighted by Gasteiger charge is -2.12. The molecule has 0 bridgehead atoms. The van der Waals surface area contributed by atoms with Gasteiger partial charge in [-0.2, -0.15) is 14.0 Å². The number of benzene rings is 1. The predicted molar refractivity (Wildman–Crippen MR) is 50.2 cm³/mol. The summed E-state index contributed by atoms with van der Waals surface area (Å²) in [6, 6.07) is 0.714. The van der Waals surface area contributed by atoms with Crippen molar-refractivity contribution >= 4 is 0 Å². The topological polar surface area (TPSA) is 45.0 Å². The lowest BCUT2D eigenvalue weighted by atomic mass is 10.2. The zero-order chi connectivity index (χ0) is 13.9. The first-order chi connectivity index (χ1) is 8.43. The van der Waals surface area contributed by atoms with Gasteiger partial charge in [0, 0.05) is 0 Å². The van der Waals surface area contributed by atoms with Crippen molar-refractivity contribution in [2.75, 3.05) is 13.7 Å². The molecule has 3 nitrogen and oxygen atoms in total. The number of ether oxygens (including phenoxy) is 1. The molecule has 0 aliphatic heterocycles. The first-order valence-corrected chi connectivity index (χ1v) is 4.65. The quantitative estimate of drug-likeness (QED) is 0.514. The second-order valence-corrected chi connectivity index (χ2v) is 3.18. The van der Waals surface area contributed by atoms with Gasteiger partial charge in [-0.15, -0.1) is 0 Å². The van der Waals surface area contributed by atoms with Crippen LogP contribution in [0.1, 0.15) is 0 Å². The van der Waals surface area contributed by atoms with Crippen LogP contribution in [0, 0.1) is 40.4 Å². The summed E-state index contributed by atoms with van der Waals surface area (Å²) in [5.74, 6) is -12.0. The fourth-order valence-corrected chi connectivity index (χ4v) is 1.06. The van der Waals surface area contributed by atoms with E-state index < -0.39 is 47.5 Å². The van der Waals surface area contributed by atoms with Crippen LogP contribution in [0.2, 0.25) is 0 Å². The average Bonchev–Trinajstić information content (AvgIpc) is 2.38. The molecule has 0 heterocycles. The standard InChI is InChI=1S/C10H7F5N2O/c1-17-4(2-16)3-18-10-8(14)6(12)5(11)7(13)9(10)15/h4,17H,3H2,1H3. The molecule has 0 fully saturated rings. The highest BCUT2D eigenvalue weighted by Crippen LogP contribution is 2.29. The van der Waals surface area contributed by atoms with Gasteiger partial charge in [0.25, 0.3) is 0 Å². The number of rotatable bonds is 4. The maximum atomic E-state index is 13.1. The van der Waals surface area contributed by atoms with E-state index in [0.717, 1.165) is 0 Å². The molecule has 0 aliphatic carbocycles. The number of halogens is 5. The highest BCUT2D eigenvalue weighted by atomic mass is 19.2. The van der Waals surface area contributed by atoms with Crippen molar-refractivity contribution in [1.82, 2.24) is 5.32 Å². The largest absolute Gasteiger partial charge is 0.485 e. The molecule has 0 aromatic heterocycles. The Kier molecular flexibility index (Phi) is 4.44. The van der Waals surface area contributed by atoms with Gasteiger partial charge in [-0.25, -0.2) is 13.2 Å². The normalized spacial score (nSPS) is 12.1. The third-order valence-corrected chi connectivity index (χ3v) is 2.07. The molecule has 0 radical (unpaired) electrons. The Morgan fingerprint density at radius 3 is 1.89 bits per heavy atom. The molecule has 0 amide bonds. The van der Waals surface area contributed by atoms with Crippen molar-refractivity contribution in [2.45, 2.75) is 6.04 Å². The Bertz CT molecular complexity index is 471. The third kappa shape index (κ3) is 2.51. The van der Waals surface area contributed by atoms with Gasteiger partial charge in [-0.05, 0) is 7.05 Å². The van der Waals surface area contributed by atoms with E-state index in [1.807, 2.05) is 0 Å². The molecule has 1 N–H and O–H groups in total. The number of nitrogens with one attached hydrogen (secondary N) is 1. The fraction of sp³-hybridized carbons (Fsp3) is 0.300. The minimum atomic E-state index is -2.26. The first-order valence-electron chi connectivity index (χ1n) is 4.65. The van der Waals surface area contributed by atoms with Gasteiger partial charge in [0.05, 0.1) is 6.07 Å². The van der Waals surface area contributed by atoms with Gasteiger partial charge in [0.2, 0.25) is 29.1 Å². The molecular formula is C10H7F5N2O. The summed E-state index contributed by atoms with van der Waals surface area (Å²) < 4.78 is 68.9. The molecule has 1 aromatic rings. The van der Waals surface area contributed by atoms with Gasteiger partial charge in [-0.1, -0.05) is 0 Å². The van der Waals surface area contributed by atoms with Crippen molar-refractivity contribution in [3.8, 4) is 11.8 Å². The lowest BCUT2D eigenvalue weighted by Crippen LogP contribution is -2.30. The smallest absolute Gasteiger partial charge is 0.206 e. The summed E-state index contributed by atoms with van der Waals surface area (Å²) in [6.07, 6.45) is 0. The highest BCUT2D eigenvalue weighted by molar-refractivity contribution is 5.29. The minimum absolute atomic E-state index is 0.564. The van der Waals surface area contributed by atoms with Crippen LogP contribution in [0.3, 0.4) is 0 Å². The summed E-state index contributed by atoms with van der Waals surface area (Å²) >= 11 is 0. The highest BCUT2D eigenvalue weighted by Gasteiger charge is 2.27. The molecule has 18 heavy (non-hydrogen) atoms. The predicted octanol–water partition coefficient (Wildman–Crippen LogP) is 1.87. The second kappa shape index (κ2) is 5.64. The van der Waals surface area contributed by atoms with Crippen molar-refractivity contribution in [1.29, 1.82) is 5.26 Å². The van der Waals surface area contributed by atoms with E-state index in [9.17, 15) is 22.0 Å². The van der Waals surface area contributed by atoms with E-state index in [-0.39, 0.29) is 0 Å². The summed E-state index contributed by atoms with van der Waals surface area (Å²) in [6.45, 7) is -0.564. The number of nitriles is 1. The van der Waals surface area contributed by atoms with E-state index in [1.54, 1.807) is 6.07 Å². The van der Waals surface area contributed by atoms with E-state index >= 15 is 0 Å². The maximum Gasteiger partial charge on any atom is 0.206 e. The fourth-order valence-electron chi connectivity index (χ4n) is 1.06. The summed E-state index contributed by atoms with van der Waals surface area (Å²) in [5.41, 5.74) is 0. The Morgan fingerprint density at radius 1 is 1.06 bits per heavy atom. The number of likely N-dealkylation sites (N-methyl/N-ethyl adjacent to an activating group) is 1. The van der Waals surface area contributed by atoms with E-state index in [0.29, 0.717) is 0 Å². The monoisotopic (exact) mass is 266 g/mol. The Balaban J connectivity index is 3.07. The molecule has 0 saturated carbocycles. The second-order valence-electron chi connectivity index (χ2n) is 3.18. The van der Waals surface area contributed by atoms with E-state index in [4.69, 9.17) is 5.26 Å². The van der Waals surface area contributed by atoms with Gasteiger partial charge in [-0.3, -0.25) is 0 Å². The zero-order valence-electron chi connectivity index (χ0n) is 9.03. The van der Waals surface area contributed by atoms with Gasteiger partial charge in [0.15, 0.2) is 5.75 Å². The van der Waals surface area contributed by atoms with Crippen molar-refractivity contribution in [3.05, 3.63) is 29.1 Å². The lowest BCUT2D eigenvalue weighted by molar-refractivity contribution is 0.249. The molecule has 1 atom stereocenters. The maximum absolute atomic E-state index is 13.1. The molecule has 0 spiro atoms. The Morgan fingerprint density at radius 2 is 1.50 bits per heavy atom. The number of hydrogen-bond donors (Lipinski definition) is 1. The molecule has 98 valence electrons. The van der Waals surface area contributed by atoms with Crippen LogP contribution >= 0.6 is 0 Å². The van der Waals surface area contributed by atoms with Gasteiger partial charge < -0.3 is 10.1 Å². The van der Waals surface area contributed by atoms with Crippen LogP contribution in [0.5, 0.6) is 5.75 Å². The number of hydrogen-bond acceptors (Lipinski definition) is 3. The summed E-state index contributed by atoms with van der Waals surface area (Å²) in [7, 11) is 1.37. The molecule has 1 unspecified atom stereocenters. The van der Waals surface area contributed by atoms with Crippen molar-refractivity contribution < 1.29 is 26.7 Å². The minimum Gasteiger partial charge on any atom is -0.485 e. The molecular weight excluding hydrogens is 259 g/mol. The van der Waals surface area contributed by atoms with Crippen LogP contribution in [0.4, 0.5) is 22.0 Å². The van der Waals surface area contributed by atoms with Gasteiger partial charge >= 0.3 is 0 Å². The Hall–Kier alpha value is -1.88. The van der Waals surface area contributed by atoms with E-state index in [2.05, 4.69) is 10.1 Å². The summed E-state index contributed by atoms with van der Waals surface area (Å²) in [4.78, 5) is 0. The molecule has 1 aromatic carbocycles. The molecule has 0 saturated heterocycles. The molecule has 1 rings (SSSR count). The van der Waals surface area contributed by atoms with Crippen molar-refractivity contribution in [3.63, 3.8) is 0 Å². The zero-order valence-corrected chi connectivity index (χ0v) is 9.03. The third-order valence-electron chi connectivity index (χ3n) is 2.07.